The highest BCUT2D eigenvalue weighted by Crippen LogP contribution is 2.09. The summed E-state index contributed by atoms with van der Waals surface area (Å²) < 4.78 is 5.37. The van der Waals surface area contributed by atoms with Gasteiger partial charge in [0.1, 0.15) is 0 Å². The zero-order chi connectivity index (χ0) is 9.84. The summed E-state index contributed by atoms with van der Waals surface area (Å²) in [6.07, 6.45) is 0. The number of nitrogens with zero attached hydrogens (tertiary/aromatic N) is 1. The second-order valence-electron chi connectivity index (χ2n) is 4.33. The minimum Gasteiger partial charge on any atom is -0.379 e. The van der Waals surface area contributed by atoms with Crippen LogP contribution in [0.25, 0.3) is 0 Å². The van der Waals surface area contributed by atoms with E-state index in [0.29, 0.717) is 18.0 Å². The Morgan fingerprint density at radius 1 is 1.54 bits per heavy atom. The smallest absolute Gasteiger partial charge is 0.0619 e. The number of ether oxygens (including phenoxy) is 1. The first-order valence-corrected chi connectivity index (χ1v) is 5.18. The van der Waals surface area contributed by atoms with Gasteiger partial charge in [0.2, 0.25) is 0 Å². The second kappa shape index (κ2) is 4.94. The summed E-state index contributed by atoms with van der Waals surface area (Å²) in [4.78, 5) is 2.42. The van der Waals surface area contributed by atoms with E-state index in [2.05, 4.69) is 25.7 Å². The molecule has 2 unspecified atom stereocenters. The van der Waals surface area contributed by atoms with Crippen LogP contribution in [0, 0.1) is 5.92 Å². The number of rotatable bonds is 3. The molecule has 0 amide bonds. The molecule has 0 saturated carbocycles. The largest absolute Gasteiger partial charge is 0.379 e. The van der Waals surface area contributed by atoms with Gasteiger partial charge in [0.15, 0.2) is 0 Å². The quantitative estimate of drug-likeness (QED) is 0.705. The highest BCUT2D eigenvalue weighted by molar-refractivity contribution is 4.77. The molecule has 0 aromatic rings. The molecule has 3 nitrogen and oxygen atoms in total. The summed E-state index contributed by atoms with van der Waals surface area (Å²) in [6.45, 7) is 10.3. The molecule has 3 heteroatoms. The predicted octanol–water partition coefficient (Wildman–Crippen LogP) is 0.690. The Hall–Kier alpha value is -0.120. The third-order valence-corrected chi connectivity index (χ3v) is 2.81. The van der Waals surface area contributed by atoms with Crippen LogP contribution < -0.4 is 5.73 Å². The van der Waals surface area contributed by atoms with Gasteiger partial charge in [0.05, 0.1) is 13.2 Å². The standard InChI is InChI=1S/C10H22N2O/c1-8(2)10(11)6-12-4-5-13-7-9(12)3/h8-10H,4-7,11H2,1-3H3. The fourth-order valence-corrected chi connectivity index (χ4v) is 1.51. The van der Waals surface area contributed by atoms with E-state index in [4.69, 9.17) is 10.5 Å². The van der Waals surface area contributed by atoms with Gasteiger partial charge < -0.3 is 10.5 Å². The van der Waals surface area contributed by atoms with Gasteiger partial charge in [-0.3, -0.25) is 4.90 Å². The van der Waals surface area contributed by atoms with Crippen molar-refractivity contribution in [3.05, 3.63) is 0 Å². The molecular formula is C10H22N2O. The minimum absolute atomic E-state index is 0.292. The Balaban J connectivity index is 2.33. The van der Waals surface area contributed by atoms with Crippen molar-refractivity contribution in [2.75, 3.05) is 26.3 Å². The Labute approximate surface area is 81.2 Å². The number of hydrogen-bond donors (Lipinski definition) is 1. The fraction of sp³-hybridized carbons (Fsp3) is 1.00. The molecule has 2 N–H and O–H groups in total. The zero-order valence-electron chi connectivity index (χ0n) is 8.99. The summed E-state index contributed by atoms with van der Waals surface area (Å²) in [5.74, 6) is 0.565. The normalized spacial score (nSPS) is 27.9. The minimum atomic E-state index is 0.292. The Kier molecular flexibility index (Phi) is 4.16. The molecule has 0 radical (unpaired) electrons. The Morgan fingerprint density at radius 2 is 2.23 bits per heavy atom. The van der Waals surface area contributed by atoms with Crippen LogP contribution >= 0.6 is 0 Å². The first-order valence-electron chi connectivity index (χ1n) is 5.18. The van der Waals surface area contributed by atoms with Crippen LogP contribution in [0.2, 0.25) is 0 Å². The van der Waals surface area contributed by atoms with E-state index >= 15 is 0 Å². The van der Waals surface area contributed by atoms with Crippen LogP contribution in [0.4, 0.5) is 0 Å². The van der Waals surface area contributed by atoms with Crippen molar-refractivity contribution in [2.24, 2.45) is 11.7 Å². The van der Waals surface area contributed by atoms with Crippen molar-refractivity contribution in [3.63, 3.8) is 0 Å². The van der Waals surface area contributed by atoms with Crippen LogP contribution in [-0.2, 0) is 4.74 Å². The van der Waals surface area contributed by atoms with Crippen LogP contribution in [0.5, 0.6) is 0 Å². The molecule has 1 fully saturated rings. The lowest BCUT2D eigenvalue weighted by Crippen LogP contribution is -2.50. The lowest BCUT2D eigenvalue weighted by atomic mass is 10.0. The van der Waals surface area contributed by atoms with Gasteiger partial charge in [-0.05, 0) is 12.8 Å². The maximum absolute atomic E-state index is 6.03. The fourth-order valence-electron chi connectivity index (χ4n) is 1.51. The molecule has 0 spiro atoms. The van der Waals surface area contributed by atoms with Crippen LogP contribution in [-0.4, -0.2) is 43.3 Å². The Morgan fingerprint density at radius 3 is 2.77 bits per heavy atom. The highest BCUT2D eigenvalue weighted by Gasteiger charge is 2.21. The molecule has 1 heterocycles. The zero-order valence-corrected chi connectivity index (χ0v) is 8.99. The number of nitrogens with two attached hydrogens (primary N) is 1. The first-order chi connectivity index (χ1) is 6.11. The lowest BCUT2D eigenvalue weighted by molar-refractivity contribution is -0.00452. The van der Waals surface area contributed by atoms with E-state index in [-0.39, 0.29) is 0 Å². The lowest BCUT2D eigenvalue weighted by Gasteiger charge is -2.35. The average Bonchev–Trinajstić information content (AvgIpc) is 2.08. The summed E-state index contributed by atoms with van der Waals surface area (Å²) in [6, 6.07) is 0.819. The van der Waals surface area contributed by atoms with E-state index < -0.39 is 0 Å². The van der Waals surface area contributed by atoms with Crippen molar-refractivity contribution in [1.82, 2.24) is 4.90 Å². The molecule has 1 saturated heterocycles. The van der Waals surface area contributed by atoms with Crippen molar-refractivity contribution < 1.29 is 4.74 Å². The summed E-state index contributed by atoms with van der Waals surface area (Å²) in [7, 11) is 0. The van der Waals surface area contributed by atoms with Crippen molar-refractivity contribution in [1.29, 1.82) is 0 Å². The summed E-state index contributed by atoms with van der Waals surface area (Å²) in [5, 5.41) is 0. The van der Waals surface area contributed by atoms with E-state index in [1.54, 1.807) is 0 Å². The number of morpholine rings is 1. The monoisotopic (exact) mass is 186 g/mol. The van der Waals surface area contributed by atoms with Crippen molar-refractivity contribution in [3.8, 4) is 0 Å². The third kappa shape index (κ3) is 3.25. The molecule has 13 heavy (non-hydrogen) atoms. The molecule has 1 aliphatic rings. The molecule has 2 atom stereocenters. The van der Waals surface area contributed by atoms with Crippen molar-refractivity contribution in [2.45, 2.75) is 32.9 Å². The highest BCUT2D eigenvalue weighted by atomic mass is 16.5. The maximum atomic E-state index is 6.03. The van der Waals surface area contributed by atoms with Crippen LogP contribution in [0.1, 0.15) is 20.8 Å². The van der Waals surface area contributed by atoms with Gasteiger partial charge in [0.25, 0.3) is 0 Å². The van der Waals surface area contributed by atoms with Gasteiger partial charge in [0, 0.05) is 25.2 Å². The molecule has 0 aliphatic carbocycles. The molecule has 1 rings (SSSR count). The van der Waals surface area contributed by atoms with Crippen LogP contribution in [0.15, 0.2) is 0 Å². The maximum Gasteiger partial charge on any atom is 0.0619 e. The molecule has 0 aromatic carbocycles. The average molecular weight is 186 g/mol. The summed E-state index contributed by atoms with van der Waals surface area (Å²) >= 11 is 0. The molecular weight excluding hydrogens is 164 g/mol. The molecule has 78 valence electrons. The van der Waals surface area contributed by atoms with Gasteiger partial charge in [-0.2, -0.15) is 0 Å². The SMILES string of the molecule is CC(C)C(N)CN1CCOCC1C. The van der Waals surface area contributed by atoms with Gasteiger partial charge >= 0.3 is 0 Å². The molecule has 0 bridgehead atoms. The molecule has 0 aromatic heterocycles. The second-order valence-corrected chi connectivity index (χ2v) is 4.33. The van der Waals surface area contributed by atoms with E-state index in [9.17, 15) is 0 Å². The van der Waals surface area contributed by atoms with Gasteiger partial charge in [-0.25, -0.2) is 0 Å². The van der Waals surface area contributed by atoms with Crippen LogP contribution in [0.3, 0.4) is 0 Å². The van der Waals surface area contributed by atoms with Crippen molar-refractivity contribution >= 4 is 0 Å². The summed E-state index contributed by atoms with van der Waals surface area (Å²) in [5.41, 5.74) is 6.03. The van der Waals surface area contributed by atoms with Gasteiger partial charge in [-0.15, -0.1) is 0 Å². The van der Waals surface area contributed by atoms with E-state index in [1.165, 1.54) is 0 Å². The van der Waals surface area contributed by atoms with Gasteiger partial charge in [-0.1, -0.05) is 13.8 Å². The number of hydrogen-bond acceptors (Lipinski definition) is 3. The topological polar surface area (TPSA) is 38.5 Å². The third-order valence-electron chi connectivity index (χ3n) is 2.81. The predicted molar refractivity (Wildman–Crippen MR) is 54.7 cm³/mol. The molecule has 1 aliphatic heterocycles. The first kappa shape index (κ1) is 11.0. The Bertz CT molecular complexity index is 150. The van der Waals surface area contributed by atoms with E-state index in [1.807, 2.05) is 0 Å². The van der Waals surface area contributed by atoms with E-state index in [0.717, 1.165) is 26.3 Å².